The van der Waals surface area contributed by atoms with Crippen LogP contribution in [0.15, 0.2) is 41.3 Å². The zero-order chi connectivity index (χ0) is 15.2. The number of carboxylic acids is 1. The minimum Gasteiger partial charge on any atom is -0.481 e. The van der Waals surface area contributed by atoms with Gasteiger partial charge >= 0.3 is 5.97 Å². The summed E-state index contributed by atoms with van der Waals surface area (Å²) in [5.41, 5.74) is 1.14. The number of aromatic nitrogens is 1. The minimum atomic E-state index is -0.852. The molecule has 0 spiro atoms. The monoisotopic (exact) mass is 303 g/mol. The highest BCUT2D eigenvalue weighted by Gasteiger charge is 2.04. The lowest BCUT2D eigenvalue weighted by atomic mass is 10.2. The summed E-state index contributed by atoms with van der Waals surface area (Å²) in [7, 11) is 0. The molecule has 0 radical (unpaired) electrons. The highest BCUT2D eigenvalue weighted by molar-refractivity contribution is 8.00. The fourth-order valence-corrected chi connectivity index (χ4v) is 2.22. The zero-order valence-electron chi connectivity index (χ0n) is 11.3. The molecule has 0 saturated heterocycles. The van der Waals surface area contributed by atoms with Crippen molar-refractivity contribution >= 4 is 24.0 Å². The van der Waals surface area contributed by atoms with E-state index in [1.165, 1.54) is 11.8 Å². The molecule has 2 rings (SSSR count). The number of pyridine rings is 1. The number of aldehydes is 1. The molecule has 0 bridgehead atoms. The fourth-order valence-electron chi connectivity index (χ4n) is 1.60. The van der Waals surface area contributed by atoms with Crippen LogP contribution in [0.5, 0.6) is 11.6 Å². The van der Waals surface area contributed by atoms with Crippen molar-refractivity contribution in [3.8, 4) is 11.6 Å². The minimum absolute atomic E-state index is 0.0219. The average molecular weight is 303 g/mol. The number of thioether (sulfide) groups is 1. The summed E-state index contributed by atoms with van der Waals surface area (Å²) in [5.74, 6) is 0.174. The predicted octanol–water partition coefficient (Wildman–Crippen LogP) is 3.17. The first kappa shape index (κ1) is 15.1. The standard InChI is InChI=1S/C15H13NO4S/c1-10-11(8-17)2-7-14(16-10)20-12-3-5-13(6-4-12)21-9-15(18)19/h2-8H,9H2,1H3,(H,18,19). The van der Waals surface area contributed by atoms with Crippen LogP contribution in [0.25, 0.3) is 0 Å². The van der Waals surface area contributed by atoms with Gasteiger partial charge in [0.25, 0.3) is 0 Å². The molecule has 0 aliphatic carbocycles. The second-order valence-electron chi connectivity index (χ2n) is 4.20. The van der Waals surface area contributed by atoms with E-state index in [1.807, 2.05) is 0 Å². The maximum absolute atomic E-state index is 10.7. The van der Waals surface area contributed by atoms with Gasteiger partial charge in [-0.05, 0) is 37.3 Å². The number of hydrogen-bond acceptors (Lipinski definition) is 5. The van der Waals surface area contributed by atoms with Crippen LogP contribution in [0.3, 0.4) is 0 Å². The maximum atomic E-state index is 10.7. The Kier molecular flexibility index (Phi) is 4.94. The molecule has 0 aliphatic rings. The Labute approximate surface area is 126 Å². The van der Waals surface area contributed by atoms with Gasteiger partial charge in [0.2, 0.25) is 5.88 Å². The predicted molar refractivity (Wildman–Crippen MR) is 79.2 cm³/mol. The van der Waals surface area contributed by atoms with Gasteiger partial charge in [-0.1, -0.05) is 0 Å². The van der Waals surface area contributed by atoms with E-state index in [1.54, 1.807) is 43.3 Å². The first-order valence-corrected chi connectivity index (χ1v) is 7.12. The van der Waals surface area contributed by atoms with Crippen molar-refractivity contribution in [1.29, 1.82) is 0 Å². The van der Waals surface area contributed by atoms with E-state index in [0.29, 0.717) is 22.9 Å². The smallest absolute Gasteiger partial charge is 0.313 e. The van der Waals surface area contributed by atoms with Crippen molar-refractivity contribution in [2.24, 2.45) is 0 Å². The largest absolute Gasteiger partial charge is 0.481 e. The second-order valence-corrected chi connectivity index (χ2v) is 5.25. The highest BCUT2D eigenvalue weighted by atomic mass is 32.2. The number of rotatable bonds is 6. The Morgan fingerprint density at radius 2 is 2.00 bits per heavy atom. The van der Waals surface area contributed by atoms with E-state index in [-0.39, 0.29) is 5.75 Å². The van der Waals surface area contributed by atoms with Crippen LogP contribution < -0.4 is 4.74 Å². The molecular weight excluding hydrogens is 290 g/mol. The molecule has 0 unspecified atom stereocenters. The highest BCUT2D eigenvalue weighted by Crippen LogP contribution is 2.24. The van der Waals surface area contributed by atoms with Crippen molar-refractivity contribution in [3.63, 3.8) is 0 Å². The van der Waals surface area contributed by atoms with Gasteiger partial charge in [-0.15, -0.1) is 11.8 Å². The normalized spacial score (nSPS) is 10.1. The molecule has 0 saturated carbocycles. The molecule has 21 heavy (non-hydrogen) atoms. The van der Waals surface area contributed by atoms with Crippen molar-refractivity contribution in [3.05, 3.63) is 47.7 Å². The van der Waals surface area contributed by atoms with Gasteiger partial charge in [-0.3, -0.25) is 9.59 Å². The third-order valence-electron chi connectivity index (χ3n) is 2.64. The van der Waals surface area contributed by atoms with Crippen LogP contribution in [0.1, 0.15) is 16.1 Å². The third-order valence-corrected chi connectivity index (χ3v) is 3.63. The average Bonchev–Trinajstić information content (AvgIpc) is 2.47. The summed E-state index contributed by atoms with van der Waals surface area (Å²) in [6.45, 7) is 1.74. The SMILES string of the molecule is Cc1nc(Oc2ccc(SCC(=O)O)cc2)ccc1C=O. The molecule has 1 aromatic heterocycles. The fraction of sp³-hybridized carbons (Fsp3) is 0.133. The molecule has 2 aromatic rings. The third kappa shape index (κ3) is 4.32. The molecule has 6 heteroatoms. The van der Waals surface area contributed by atoms with E-state index in [4.69, 9.17) is 9.84 Å². The number of carbonyl (C=O) groups excluding carboxylic acids is 1. The topological polar surface area (TPSA) is 76.5 Å². The van der Waals surface area contributed by atoms with Gasteiger partial charge in [0, 0.05) is 16.5 Å². The van der Waals surface area contributed by atoms with Crippen LogP contribution in [-0.4, -0.2) is 28.1 Å². The van der Waals surface area contributed by atoms with E-state index in [9.17, 15) is 9.59 Å². The van der Waals surface area contributed by atoms with Gasteiger partial charge in [0.1, 0.15) is 5.75 Å². The van der Waals surface area contributed by atoms with Gasteiger partial charge in [0.15, 0.2) is 6.29 Å². The molecular formula is C15H13NO4S. The number of benzene rings is 1. The van der Waals surface area contributed by atoms with Crippen molar-refractivity contribution in [2.45, 2.75) is 11.8 Å². The maximum Gasteiger partial charge on any atom is 0.313 e. The van der Waals surface area contributed by atoms with Crippen LogP contribution in [0.4, 0.5) is 0 Å². The number of ether oxygens (including phenoxy) is 1. The Morgan fingerprint density at radius 3 is 2.57 bits per heavy atom. The summed E-state index contributed by atoms with van der Waals surface area (Å²) in [4.78, 5) is 26.2. The summed E-state index contributed by atoms with van der Waals surface area (Å²) in [6, 6.07) is 10.3. The first-order valence-electron chi connectivity index (χ1n) is 6.14. The number of hydrogen-bond donors (Lipinski definition) is 1. The second kappa shape index (κ2) is 6.90. The van der Waals surface area contributed by atoms with Crippen LogP contribution in [-0.2, 0) is 4.79 Å². The molecule has 0 amide bonds. The molecule has 1 heterocycles. The molecule has 0 aliphatic heterocycles. The van der Waals surface area contributed by atoms with Gasteiger partial charge in [-0.2, -0.15) is 0 Å². The number of nitrogens with zero attached hydrogens (tertiary/aromatic N) is 1. The molecule has 0 atom stereocenters. The Balaban J connectivity index is 2.04. The molecule has 0 fully saturated rings. The summed E-state index contributed by atoms with van der Waals surface area (Å²) in [5, 5.41) is 8.61. The number of aryl methyl sites for hydroxylation is 1. The van der Waals surface area contributed by atoms with Crippen molar-refractivity contribution in [1.82, 2.24) is 4.98 Å². The van der Waals surface area contributed by atoms with Crippen molar-refractivity contribution in [2.75, 3.05) is 5.75 Å². The van der Waals surface area contributed by atoms with Gasteiger partial charge < -0.3 is 9.84 Å². The Hall–Kier alpha value is -2.34. The lowest BCUT2D eigenvalue weighted by Crippen LogP contribution is -1.97. The molecule has 5 nitrogen and oxygen atoms in total. The van der Waals surface area contributed by atoms with Crippen molar-refractivity contribution < 1.29 is 19.4 Å². The first-order chi connectivity index (χ1) is 10.1. The van der Waals surface area contributed by atoms with Crippen LogP contribution in [0, 0.1) is 6.92 Å². The number of aliphatic carboxylic acids is 1. The summed E-state index contributed by atoms with van der Waals surface area (Å²) in [6.07, 6.45) is 0.751. The lowest BCUT2D eigenvalue weighted by Gasteiger charge is -2.07. The van der Waals surface area contributed by atoms with E-state index < -0.39 is 5.97 Å². The van der Waals surface area contributed by atoms with E-state index >= 15 is 0 Å². The summed E-state index contributed by atoms with van der Waals surface area (Å²) < 4.78 is 5.59. The molecule has 1 N–H and O–H groups in total. The molecule has 108 valence electrons. The number of carbonyl (C=O) groups is 2. The lowest BCUT2D eigenvalue weighted by molar-refractivity contribution is -0.133. The zero-order valence-corrected chi connectivity index (χ0v) is 12.1. The summed E-state index contributed by atoms with van der Waals surface area (Å²) >= 11 is 1.24. The Bertz CT molecular complexity index is 655. The van der Waals surface area contributed by atoms with Gasteiger partial charge in [-0.25, -0.2) is 4.98 Å². The van der Waals surface area contributed by atoms with E-state index in [2.05, 4.69) is 4.98 Å². The van der Waals surface area contributed by atoms with Crippen LogP contribution in [0.2, 0.25) is 0 Å². The molecule has 1 aromatic carbocycles. The Morgan fingerprint density at radius 1 is 1.29 bits per heavy atom. The quantitative estimate of drug-likeness (QED) is 0.652. The van der Waals surface area contributed by atoms with Gasteiger partial charge in [0.05, 0.1) is 11.4 Å². The van der Waals surface area contributed by atoms with E-state index in [0.717, 1.165) is 11.2 Å². The van der Waals surface area contributed by atoms with Crippen LogP contribution >= 0.6 is 11.8 Å². The number of carboxylic acid groups (broad SMARTS) is 1.